The zero-order valence-corrected chi connectivity index (χ0v) is 14.8. The zero-order valence-electron chi connectivity index (χ0n) is 13.2. The largest absolute Gasteiger partial charge is 0.270 e. The highest BCUT2D eigenvalue weighted by Crippen LogP contribution is 2.19. The van der Waals surface area contributed by atoms with E-state index in [1.165, 1.54) is 6.08 Å². The van der Waals surface area contributed by atoms with Crippen LogP contribution in [0.5, 0.6) is 0 Å². The van der Waals surface area contributed by atoms with Gasteiger partial charge in [-0.25, -0.2) is 0 Å². The molecule has 0 bridgehead atoms. The Balaban J connectivity index is 1.65. The third kappa shape index (κ3) is 4.14. The minimum atomic E-state index is -0.409. The van der Waals surface area contributed by atoms with Gasteiger partial charge in [0.15, 0.2) is 0 Å². The van der Waals surface area contributed by atoms with E-state index in [0.717, 1.165) is 16.3 Å². The van der Waals surface area contributed by atoms with Gasteiger partial charge in [0.2, 0.25) is 0 Å². The molecule has 0 unspecified atom stereocenters. The molecule has 2 N–H and O–H groups in total. The molecular weight excluding hydrogens is 380 g/mol. The van der Waals surface area contributed by atoms with E-state index in [4.69, 9.17) is 0 Å². The Hall–Kier alpha value is -2.92. The highest BCUT2D eigenvalue weighted by atomic mass is 79.9. The molecule has 3 rings (SSSR count). The molecule has 0 fully saturated rings. The van der Waals surface area contributed by atoms with Crippen LogP contribution in [0.1, 0.15) is 15.9 Å². The predicted octanol–water partition coefficient (Wildman–Crippen LogP) is 4.08. The number of nitrogens with one attached hydrogen (secondary N) is 2. The van der Waals surface area contributed by atoms with E-state index in [2.05, 4.69) is 26.8 Å². The average Bonchev–Trinajstić information content (AvgIpc) is 2.64. The van der Waals surface area contributed by atoms with E-state index >= 15 is 0 Å². The second-order valence-electron chi connectivity index (χ2n) is 5.32. The maximum atomic E-state index is 12.0. The van der Waals surface area contributed by atoms with Crippen LogP contribution in [-0.4, -0.2) is 11.8 Å². The molecule has 0 aliphatic heterocycles. The molecule has 3 aromatic rings. The summed E-state index contributed by atoms with van der Waals surface area (Å²) < 4.78 is 0.660. The van der Waals surface area contributed by atoms with Crippen LogP contribution < -0.4 is 10.9 Å². The first-order valence-corrected chi connectivity index (χ1v) is 8.45. The van der Waals surface area contributed by atoms with Crippen LogP contribution in [0.2, 0.25) is 0 Å². The van der Waals surface area contributed by atoms with Crippen LogP contribution >= 0.6 is 15.9 Å². The zero-order chi connectivity index (χ0) is 17.6. The van der Waals surface area contributed by atoms with Crippen molar-refractivity contribution in [1.29, 1.82) is 0 Å². The van der Waals surface area contributed by atoms with Gasteiger partial charge in [-0.15, -0.1) is 0 Å². The lowest BCUT2D eigenvalue weighted by molar-refractivity contribution is -0.117. The van der Waals surface area contributed by atoms with Gasteiger partial charge in [0, 0.05) is 10.5 Å². The van der Waals surface area contributed by atoms with Gasteiger partial charge in [-0.1, -0.05) is 54.6 Å². The summed E-state index contributed by atoms with van der Waals surface area (Å²) in [6, 6.07) is 20.8. The first kappa shape index (κ1) is 16.9. The quantitative estimate of drug-likeness (QED) is 0.519. The third-order valence-electron chi connectivity index (χ3n) is 3.66. The predicted molar refractivity (Wildman–Crippen MR) is 103 cm³/mol. The van der Waals surface area contributed by atoms with Crippen molar-refractivity contribution in [3.8, 4) is 0 Å². The summed E-state index contributed by atoms with van der Waals surface area (Å²) in [5.74, 6) is -0.798. The molecular formula is C20H15BrN2O2. The van der Waals surface area contributed by atoms with Crippen LogP contribution in [0.3, 0.4) is 0 Å². The molecule has 0 aromatic heterocycles. The monoisotopic (exact) mass is 394 g/mol. The molecule has 3 aromatic carbocycles. The molecule has 4 nitrogen and oxygen atoms in total. The number of hydrazine groups is 1. The molecule has 0 saturated heterocycles. The van der Waals surface area contributed by atoms with Crippen LogP contribution in [0, 0.1) is 0 Å². The summed E-state index contributed by atoms with van der Waals surface area (Å²) in [5.41, 5.74) is 6.15. The van der Waals surface area contributed by atoms with Crippen LogP contribution in [0.4, 0.5) is 0 Å². The Morgan fingerprint density at radius 3 is 2.40 bits per heavy atom. The number of hydrogen-bond acceptors (Lipinski definition) is 2. The number of benzene rings is 3. The summed E-state index contributed by atoms with van der Waals surface area (Å²) >= 11 is 3.30. The third-order valence-corrected chi connectivity index (χ3v) is 4.35. The summed E-state index contributed by atoms with van der Waals surface area (Å²) in [6.07, 6.45) is 3.12. The molecule has 0 spiro atoms. The summed E-state index contributed by atoms with van der Waals surface area (Å²) in [6.45, 7) is 0. The van der Waals surface area contributed by atoms with Gasteiger partial charge in [0.1, 0.15) is 0 Å². The second-order valence-corrected chi connectivity index (χ2v) is 6.18. The molecule has 0 atom stereocenters. The lowest BCUT2D eigenvalue weighted by Gasteiger charge is -2.07. The maximum Gasteiger partial charge on any atom is 0.270 e. The molecule has 5 heteroatoms. The normalized spacial score (nSPS) is 10.8. The molecule has 0 aliphatic carbocycles. The van der Waals surface area contributed by atoms with Crippen LogP contribution in [-0.2, 0) is 4.79 Å². The molecule has 0 radical (unpaired) electrons. The number of hydrogen-bond donors (Lipinski definition) is 2. The summed E-state index contributed by atoms with van der Waals surface area (Å²) in [4.78, 5) is 24.0. The van der Waals surface area contributed by atoms with Crippen LogP contribution in [0.25, 0.3) is 16.8 Å². The lowest BCUT2D eigenvalue weighted by atomic mass is 10.0. The Labute approximate surface area is 153 Å². The lowest BCUT2D eigenvalue weighted by Crippen LogP contribution is -2.40. The van der Waals surface area contributed by atoms with E-state index in [-0.39, 0.29) is 5.91 Å². The summed E-state index contributed by atoms with van der Waals surface area (Å²) in [7, 11) is 0. The number of amides is 2. The second kappa shape index (κ2) is 7.77. The Bertz CT molecular complexity index is 961. The van der Waals surface area contributed by atoms with Crippen molar-refractivity contribution in [2.75, 3.05) is 0 Å². The Morgan fingerprint density at radius 2 is 1.56 bits per heavy atom. The summed E-state index contributed by atoms with van der Waals surface area (Å²) in [5, 5.41) is 2.17. The van der Waals surface area contributed by atoms with Gasteiger partial charge in [-0.05, 0) is 50.5 Å². The molecule has 0 saturated carbocycles. The standard InChI is InChI=1S/C20H15BrN2O2/c21-18-11-4-3-10-17(18)20(25)23-22-19(24)13-12-15-8-5-7-14-6-1-2-9-16(14)15/h1-13H,(H,22,24)(H,23,25). The molecule has 0 heterocycles. The van der Waals surface area contributed by atoms with Crippen molar-refractivity contribution < 1.29 is 9.59 Å². The van der Waals surface area contributed by atoms with Gasteiger partial charge in [-0.2, -0.15) is 0 Å². The number of rotatable bonds is 3. The topological polar surface area (TPSA) is 58.2 Å². The van der Waals surface area contributed by atoms with E-state index in [1.54, 1.807) is 24.3 Å². The molecule has 25 heavy (non-hydrogen) atoms. The Kier molecular flexibility index (Phi) is 5.26. The van der Waals surface area contributed by atoms with Gasteiger partial charge in [-0.3, -0.25) is 20.4 Å². The van der Waals surface area contributed by atoms with Crippen molar-refractivity contribution in [1.82, 2.24) is 10.9 Å². The van der Waals surface area contributed by atoms with Crippen LogP contribution in [0.15, 0.2) is 77.3 Å². The van der Waals surface area contributed by atoms with Crippen molar-refractivity contribution in [2.45, 2.75) is 0 Å². The average molecular weight is 395 g/mol. The number of halogens is 1. The molecule has 0 aliphatic rings. The molecule has 2 amide bonds. The fraction of sp³-hybridized carbons (Fsp3) is 0. The van der Waals surface area contributed by atoms with E-state index in [9.17, 15) is 9.59 Å². The smallest absolute Gasteiger partial charge is 0.268 e. The highest BCUT2D eigenvalue weighted by molar-refractivity contribution is 9.10. The van der Waals surface area contributed by atoms with E-state index in [1.807, 2.05) is 48.5 Å². The fourth-order valence-corrected chi connectivity index (χ4v) is 2.90. The van der Waals surface area contributed by atoms with Crippen molar-refractivity contribution in [3.05, 3.63) is 88.4 Å². The molecule has 124 valence electrons. The van der Waals surface area contributed by atoms with Crippen molar-refractivity contribution in [2.24, 2.45) is 0 Å². The van der Waals surface area contributed by atoms with Crippen molar-refractivity contribution >= 4 is 44.6 Å². The Morgan fingerprint density at radius 1 is 0.840 bits per heavy atom. The van der Waals surface area contributed by atoms with Gasteiger partial charge < -0.3 is 0 Å². The van der Waals surface area contributed by atoms with Gasteiger partial charge >= 0.3 is 0 Å². The first-order chi connectivity index (χ1) is 12.1. The van der Waals surface area contributed by atoms with E-state index < -0.39 is 5.91 Å². The number of fused-ring (bicyclic) bond motifs is 1. The van der Waals surface area contributed by atoms with Crippen molar-refractivity contribution in [3.63, 3.8) is 0 Å². The highest BCUT2D eigenvalue weighted by Gasteiger charge is 2.09. The van der Waals surface area contributed by atoms with Gasteiger partial charge in [0.05, 0.1) is 5.56 Å². The number of carbonyl (C=O) groups excluding carboxylic acids is 2. The first-order valence-electron chi connectivity index (χ1n) is 7.66. The fourth-order valence-electron chi connectivity index (χ4n) is 2.43. The minimum Gasteiger partial charge on any atom is -0.268 e. The van der Waals surface area contributed by atoms with Gasteiger partial charge in [0.25, 0.3) is 11.8 Å². The number of carbonyl (C=O) groups is 2. The maximum absolute atomic E-state index is 12.0. The van der Waals surface area contributed by atoms with E-state index in [0.29, 0.717) is 10.0 Å². The SMILES string of the molecule is O=C(C=Cc1cccc2ccccc12)NNC(=O)c1ccccc1Br. The minimum absolute atomic E-state index is 0.389.